The Labute approximate surface area is 205 Å². The minimum absolute atomic E-state index is 0.0596. The van der Waals surface area contributed by atoms with Gasteiger partial charge in [0.05, 0.1) is 5.41 Å². The zero-order valence-electron chi connectivity index (χ0n) is 20.9. The predicted molar refractivity (Wildman–Crippen MR) is 125 cm³/mol. The Kier molecular flexibility index (Phi) is 4.74. The van der Waals surface area contributed by atoms with Crippen LogP contribution in [0.4, 0.5) is 0 Å². The molecule has 3 saturated heterocycles. The molecule has 7 heteroatoms. The summed E-state index contributed by atoms with van der Waals surface area (Å²) in [7, 11) is 0. The van der Waals surface area contributed by atoms with Crippen LogP contribution in [0.3, 0.4) is 0 Å². The molecule has 35 heavy (non-hydrogen) atoms. The van der Waals surface area contributed by atoms with Gasteiger partial charge in [0.15, 0.2) is 22.8 Å². The fourth-order valence-corrected chi connectivity index (χ4v) is 8.12. The number of ether oxygens (including phenoxy) is 3. The van der Waals surface area contributed by atoms with Gasteiger partial charge in [-0.15, -0.1) is 0 Å². The first-order valence-electron chi connectivity index (χ1n) is 12.9. The number of rotatable bonds is 1. The maximum absolute atomic E-state index is 13.7. The molecule has 0 radical (unpaired) electrons. The summed E-state index contributed by atoms with van der Waals surface area (Å²) in [6, 6.07) is 0. The summed E-state index contributed by atoms with van der Waals surface area (Å²) in [5.41, 5.74) is -0.447. The van der Waals surface area contributed by atoms with Crippen molar-refractivity contribution in [3.8, 4) is 0 Å². The summed E-state index contributed by atoms with van der Waals surface area (Å²) < 4.78 is 18.4. The molecular formula is C28H34O7. The van der Waals surface area contributed by atoms with E-state index in [2.05, 4.69) is 6.08 Å². The topological polar surface area (TPSA) is 99.1 Å². The summed E-state index contributed by atoms with van der Waals surface area (Å²) >= 11 is 0. The van der Waals surface area contributed by atoms with Crippen molar-refractivity contribution in [3.05, 3.63) is 34.9 Å². The summed E-state index contributed by atoms with van der Waals surface area (Å²) in [5, 5.41) is 11.9. The molecular weight excluding hydrogens is 448 g/mol. The monoisotopic (exact) mass is 482 g/mol. The van der Waals surface area contributed by atoms with Crippen LogP contribution in [0.1, 0.15) is 72.6 Å². The molecule has 6 aliphatic rings. The maximum Gasteiger partial charge on any atom is 0.339 e. The van der Waals surface area contributed by atoms with Gasteiger partial charge in [0, 0.05) is 30.3 Å². The van der Waals surface area contributed by atoms with E-state index in [1.54, 1.807) is 13.0 Å². The van der Waals surface area contributed by atoms with Crippen LogP contribution in [-0.4, -0.2) is 45.9 Å². The second kappa shape index (κ2) is 7.16. The molecule has 0 aromatic rings. The quantitative estimate of drug-likeness (QED) is 0.449. The molecule has 4 aliphatic heterocycles. The SMILES string of the molecule is CC1=C(C)C(=O)O[C@@H]([C@]2(C)OC(=O)[C@@]34CC[C@H]5[C@@H](CC=C6CC=CC(=O)[C@@]65C)[C@@](O)(CC[C@H]23)O4)C1. The van der Waals surface area contributed by atoms with E-state index in [0.717, 1.165) is 17.6 Å². The van der Waals surface area contributed by atoms with E-state index in [1.165, 1.54) is 0 Å². The number of esters is 2. The van der Waals surface area contributed by atoms with E-state index in [1.807, 2.05) is 26.8 Å². The molecule has 2 aliphatic carbocycles. The van der Waals surface area contributed by atoms with Crippen LogP contribution in [0.2, 0.25) is 0 Å². The van der Waals surface area contributed by atoms with Crippen LogP contribution < -0.4 is 0 Å². The lowest BCUT2D eigenvalue weighted by molar-refractivity contribution is -0.319. The van der Waals surface area contributed by atoms with E-state index >= 15 is 0 Å². The third-order valence-electron chi connectivity index (χ3n) is 10.4. The van der Waals surface area contributed by atoms with Crippen molar-refractivity contribution in [3.63, 3.8) is 0 Å². The summed E-state index contributed by atoms with van der Waals surface area (Å²) in [6.45, 7) is 7.50. The van der Waals surface area contributed by atoms with Gasteiger partial charge in [0.1, 0.15) is 6.10 Å². The van der Waals surface area contributed by atoms with Crippen molar-refractivity contribution in [1.29, 1.82) is 0 Å². The van der Waals surface area contributed by atoms with Crippen molar-refractivity contribution in [1.82, 2.24) is 0 Å². The highest BCUT2D eigenvalue weighted by Gasteiger charge is 2.73. The lowest BCUT2D eigenvalue weighted by Crippen LogP contribution is -2.61. The Hall–Kier alpha value is -2.25. The Morgan fingerprint density at radius 2 is 1.83 bits per heavy atom. The van der Waals surface area contributed by atoms with Gasteiger partial charge < -0.3 is 19.3 Å². The molecule has 7 nitrogen and oxygen atoms in total. The van der Waals surface area contributed by atoms with Gasteiger partial charge in [0.2, 0.25) is 0 Å². The first-order chi connectivity index (χ1) is 16.5. The van der Waals surface area contributed by atoms with Gasteiger partial charge in [-0.25, -0.2) is 9.59 Å². The van der Waals surface area contributed by atoms with Crippen LogP contribution >= 0.6 is 0 Å². The first-order valence-corrected chi connectivity index (χ1v) is 12.9. The van der Waals surface area contributed by atoms with E-state index < -0.39 is 34.5 Å². The molecule has 2 bridgehead atoms. The third-order valence-corrected chi connectivity index (χ3v) is 10.4. The summed E-state index contributed by atoms with van der Waals surface area (Å²) in [6.07, 6.45) is 8.70. The summed E-state index contributed by atoms with van der Waals surface area (Å²) in [5.74, 6) is -3.12. The van der Waals surface area contributed by atoms with Crippen LogP contribution in [0, 0.1) is 23.2 Å². The molecule has 0 saturated carbocycles. The molecule has 6 rings (SSSR count). The van der Waals surface area contributed by atoms with Crippen LogP contribution in [-0.2, 0) is 28.6 Å². The van der Waals surface area contributed by atoms with Gasteiger partial charge in [-0.1, -0.05) is 23.3 Å². The number of ketones is 1. The second-order valence-corrected chi connectivity index (χ2v) is 11.9. The highest BCUT2D eigenvalue weighted by atomic mass is 16.7. The number of hydrogen-bond acceptors (Lipinski definition) is 7. The van der Waals surface area contributed by atoms with Gasteiger partial charge in [-0.3, -0.25) is 4.79 Å². The van der Waals surface area contributed by atoms with E-state index in [9.17, 15) is 19.5 Å². The highest BCUT2D eigenvalue weighted by molar-refractivity contribution is 5.98. The molecule has 0 aromatic heterocycles. The Morgan fingerprint density at radius 3 is 2.57 bits per heavy atom. The van der Waals surface area contributed by atoms with Crippen molar-refractivity contribution < 1.29 is 33.7 Å². The number of fused-ring (bicyclic) bond motifs is 5. The average molecular weight is 483 g/mol. The molecule has 0 unspecified atom stereocenters. The number of allylic oxidation sites excluding steroid dienone is 4. The van der Waals surface area contributed by atoms with Gasteiger partial charge in [0.25, 0.3) is 0 Å². The standard InChI is InChI=1S/C28H34O7/c1-15-14-22(33-23(30)16(15)2)26(4)20-11-13-28(32)19-9-8-17-6-5-7-21(29)25(17,3)18(19)10-12-27(20,35-28)24(31)34-26/h5,7-8,18-20,22,32H,6,9-14H2,1-4H3/t18-,19+,20+,22+,25-,26+,27+,28+/m0/s1. The fourth-order valence-electron chi connectivity index (χ4n) is 8.12. The smallest absolute Gasteiger partial charge is 0.339 e. The van der Waals surface area contributed by atoms with Gasteiger partial charge >= 0.3 is 11.9 Å². The van der Waals surface area contributed by atoms with Crippen molar-refractivity contribution in [2.75, 3.05) is 0 Å². The minimum atomic E-state index is -1.52. The third kappa shape index (κ3) is 2.82. The molecule has 1 N–H and O–H groups in total. The number of carbonyl (C=O) groups excluding carboxylic acids is 3. The number of cyclic esters (lactones) is 2. The second-order valence-electron chi connectivity index (χ2n) is 11.9. The molecule has 0 aromatic carbocycles. The van der Waals surface area contributed by atoms with Crippen LogP contribution in [0.15, 0.2) is 34.9 Å². The number of carbonyl (C=O) groups is 3. The summed E-state index contributed by atoms with van der Waals surface area (Å²) in [4.78, 5) is 39.4. The zero-order chi connectivity index (χ0) is 25.0. The highest BCUT2D eigenvalue weighted by Crippen LogP contribution is 2.63. The van der Waals surface area contributed by atoms with Crippen molar-refractivity contribution >= 4 is 17.7 Å². The van der Waals surface area contributed by atoms with Crippen molar-refractivity contribution in [2.45, 2.75) is 95.7 Å². The van der Waals surface area contributed by atoms with E-state index in [-0.39, 0.29) is 29.5 Å². The normalized spacial score (nSPS) is 48.8. The molecule has 188 valence electrons. The zero-order valence-corrected chi connectivity index (χ0v) is 20.9. The average Bonchev–Trinajstić information content (AvgIpc) is 2.96. The van der Waals surface area contributed by atoms with Gasteiger partial charge in [-0.2, -0.15) is 0 Å². The predicted octanol–water partition coefficient (Wildman–Crippen LogP) is 3.70. The fraction of sp³-hybridized carbons (Fsp3) is 0.679. The molecule has 8 atom stereocenters. The number of hydrogen-bond donors (Lipinski definition) is 1. The minimum Gasteiger partial charge on any atom is -0.454 e. The molecule has 3 fully saturated rings. The number of aliphatic hydroxyl groups is 1. The lowest BCUT2D eigenvalue weighted by Gasteiger charge is -2.52. The maximum atomic E-state index is 13.7. The van der Waals surface area contributed by atoms with Crippen LogP contribution in [0.25, 0.3) is 0 Å². The largest absolute Gasteiger partial charge is 0.454 e. The first kappa shape index (κ1) is 23.2. The molecule has 0 amide bonds. The van der Waals surface area contributed by atoms with E-state index in [4.69, 9.17) is 14.2 Å². The van der Waals surface area contributed by atoms with Gasteiger partial charge in [-0.05, 0) is 71.8 Å². The molecule has 1 spiro atoms. The lowest BCUT2D eigenvalue weighted by atomic mass is 9.55. The Morgan fingerprint density at radius 1 is 1.06 bits per heavy atom. The van der Waals surface area contributed by atoms with Crippen LogP contribution in [0.5, 0.6) is 0 Å². The van der Waals surface area contributed by atoms with E-state index in [0.29, 0.717) is 44.1 Å². The Bertz CT molecular complexity index is 1130. The Balaban J connectivity index is 1.39. The molecule has 4 heterocycles. The van der Waals surface area contributed by atoms with Crippen molar-refractivity contribution in [2.24, 2.45) is 23.2 Å².